The molecule has 0 heterocycles. The van der Waals surface area contributed by atoms with Gasteiger partial charge in [-0.25, -0.2) is 0 Å². The van der Waals surface area contributed by atoms with Crippen LogP contribution in [0.2, 0.25) is 0 Å². The molecule has 4 heteroatoms. The summed E-state index contributed by atoms with van der Waals surface area (Å²) in [5.41, 5.74) is 3.47. The predicted octanol–water partition coefficient (Wildman–Crippen LogP) is 4.95. The third kappa shape index (κ3) is 7.43. The first kappa shape index (κ1) is 21.6. The molecule has 27 heavy (non-hydrogen) atoms. The molecule has 2 rings (SSSR count). The van der Waals surface area contributed by atoms with Gasteiger partial charge in [-0.1, -0.05) is 61.5 Å². The highest BCUT2D eigenvalue weighted by molar-refractivity contribution is 5.23. The lowest BCUT2D eigenvalue weighted by Gasteiger charge is -2.18. The molecule has 0 aliphatic heterocycles. The van der Waals surface area contributed by atoms with E-state index in [-0.39, 0.29) is 12.2 Å². The second kappa shape index (κ2) is 11.9. The lowest BCUT2D eigenvalue weighted by atomic mass is 10.1. The molecule has 0 aliphatic rings. The van der Waals surface area contributed by atoms with Crippen molar-refractivity contribution in [1.82, 2.24) is 0 Å². The van der Waals surface area contributed by atoms with E-state index >= 15 is 0 Å². The second-order valence-corrected chi connectivity index (χ2v) is 6.91. The molecule has 0 fully saturated rings. The summed E-state index contributed by atoms with van der Waals surface area (Å²) in [7, 11) is 3.44. The smallest absolute Gasteiger partial charge is 0.105 e. The highest BCUT2D eigenvalue weighted by atomic mass is 16.5. The molecule has 0 amide bonds. The van der Waals surface area contributed by atoms with E-state index in [4.69, 9.17) is 18.9 Å². The van der Waals surface area contributed by atoms with Crippen LogP contribution in [0.4, 0.5) is 0 Å². The molecule has 0 saturated heterocycles. The van der Waals surface area contributed by atoms with Crippen LogP contribution in [0.5, 0.6) is 0 Å². The van der Waals surface area contributed by atoms with Crippen molar-refractivity contribution in [1.29, 1.82) is 0 Å². The highest BCUT2D eigenvalue weighted by Gasteiger charge is 2.11. The van der Waals surface area contributed by atoms with Crippen molar-refractivity contribution >= 4 is 0 Å². The lowest BCUT2D eigenvalue weighted by molar-refractivity contribution is -0.0162. The fraction of sp³-hybridized carbons (Fsp3) is 0.478. The number of hydrogen-bond acceptors (Lipinski definition) is 4. The molecule has 0 aliphatic carbocycles. The first-order chi connectivity index (χ1) is 13.1. The summed E-state index contributed by atoms with van der Waals surface area (Å²) in [6.07, 6.45) is 0.0799. The Balaban J connectivity index is 1.65. The summed E-state index contributed by atoms with van der Waals surface area (Å²) in [6, 6.07) is 18.5. The molecule has 2 aromatic carbocycles. The minimum absolute atomic E-state index is 0.0349. The Morgan fingerprint density at radius 3 is 2.00 bits per heavy atom. The number of benzene rings is 2. The van der Waals surface area contributed by atoms with E-state index in [0.717, 1.165) is 5.56 Å². The molecule has 148 valence electrons. The fourth-order valence-electron chi connectivity index (χ4n) is 2.79. The molecule has 0 N–H and O–H groups in total. The van der Waals surface area contributed by atoms with Gasteiger partial charge in [0.2, 0.25) is 0 Å². The molecule has 0 spiro atoms. The summed E-state index contributed by atoms with van der Waals surface area (Å²) in [6.45, 7) is 6.64. The molecular weight excluding hydrogens is 340 g/mol. The van der Waals surface area contributed by atoms with E-state index in [1.165, 1.54) is 11.1 Å². The van der Waals surface area contributed by atoms with E-state index < -0.39 is 0 Å². The zero-order chi connectivity index (χ0) is 19.5. The third-order valence-electron chi connectivity index (χ3n) is 4.60. The molecule has 3 atom stereocenters. The van der Waals surface area contributed by atoms with Gasteiger partial charge >= 0.3 is 0 Å². The average Bonchev–Trinajstić information content (AvgIpc) is 2.72. The van der Waals surface area contributed by atoms with Crippen LogP contribution in [0.1, 0.15) is 42.7 Å². The van der Waals surface area contributed by atoms with Crippen molar-refractivity contribution in [3.8, 4) is 0 Å². The van der Waals surface area contributed by atoms with Crippen molar-refractivity contribution in [3.63, 3.8) is 0 Å². The number of ether oxygens (including phenoxy) is 4. The van der Waals surface area contributed by atoms with E-state index in [1.54, 1.807) is 14.2 Å². The van der Waals surface area contributed by atoms with Crippen molar-refractivity contribution in [2.75, 3.05) is 34.0 Å². The standard InChI is InChI=1S/C23H32O4/c1-18(15-27-17-23(25-4)22-8-6-5-7-9-22)14-26-16-20-10-12-21(13-11-20)19(2)24-3/h5-13,18-19,23H,14-17H2,1-4H3. The Hall–Kier alpha value is -1.72. The van der Waals surface area contributed by atoms with Crippen LogP contribution in [0, 0.1) is 5.92 Å². The van der Waals surface area contributed by atoms with Crippen LogP contribution in [-0.2, 0) is 25.6 Å². The van der Waals surface area contributed by atoms with Gasteiger partial charge in [-0.2, -0.15) is 0 Å². The third-order valence-corrected chi connectivity index (χ3v) is 4.60. The first-order valence-corrected chi connectivity index (χ1v) is 9.49. The predicted molar refractivity (Wildman–Crippen MR) is 108 cm³/mol. The van der Waals surface area contributed by atoms with Crippen molar-refractivity contribution in [2.24, 2.45) is 5.92 Å². The quantitative estimate of drug-likeness (QED) is 0.528. The van der Waals surface area contributed by atoms with Gasteiger partial charge in [-0.05, 0) is 23.6 Å². The Kier molecular flexibility index (Phi) is 9.50. The van der Waals surface area contributed by atoms with Gasteiger partial charge < -0.3 is 18.9 Å². The minimum atomic E-state index is -0.0349. The molecule has 0 radical (unpaired) electrons. The maximum atomic E-state index is 5.84. The normalized spacial score (nSPS) is 14.7. The van der Waals surface area contributed by atoms with E-state index in [1.807, 2.05) is 25.1 Å². The van der Waals surface area contributed by atoms with Crippen LogP contribution >= 0.6 is 0 Å². The van der Waals surface area contributed by atoms with Crippen molar-refractivity contribution in [2.45, 2.75) is 32.7 Å². The topological polar surface area (TPSA) is 36.9 Å². The zero-order valence-electron chi connectivity index (χ0n) is 16.9. The van der Waals surface area contributed by atoms with E-state index in [2.05, 4.69) is 43.3 Å². The molecule has 0 bridgehead atoms. The second-order valence-electron chi connectivity index (χ2n) is 6.91. The minimum Gasteiger partial charge on any atom is -0.378 e. The summed E-state index contributed by atoms with van der Waals surface area (Å²) in [5, 5.41) is 0. The maximum Gasteiger partial charge on any atom is 0.105 e. The van der Waals surface area contributed by atoms with Gasteiger partial charge in [0.25, 0.3) is 0 Å². The molecule has 2 aromatic rings. The van der Waals surface area contributed by atoms with Crippen LogP contribution in [0.3, 0.4) is 0 Å². The van der Waals surface area contributed by atoms with E-state index in [0.29, 0.717) is 32.3 Å². The van der Waals surface area contributed by atoms with Crippen molar-refractivity contribution < 1.29 is 18.9 Å². The van der Waals surface area contributed by atoms with Crippen LogP contribution in [-0.4, -0.2) is 34.0 Å². The Morgan fingerprint density at radius 2 is 1.37 bits per heavy atom. The fourth-order valence-corrected chi connectivity index (χ4v) is 2.79. The van der Waals surface area contributed by atoms with Gasteiger partial charge in [0.15, 0.2) is 0 Å². The summed E-state index contributed by atoms with van der Waals surface area (Å²) in [4.78, 5) is 0. The highest BCUT2D eigenvalue weighted by Crippen LogP contribution is 2.18. The van der Waals surface area contributed by atoms with Gasteiger partial charge in [0.05, 0.1) is 32.5 Å². The van der Waals surface area contributed by atoms with Gasteiger partial charge in [-0.15, -0.1) is 0 Å². The molecule has 0 saturated carbocycles. The van der Waals surface area contributed by atoms with Crippen LogP contribution in [0.15, 0.2) is 54.6 Å². The van der Waals surface area contributed by atoms with Gasteiger partial charge in [0, 0.05) is 20.1 Å². The Labute approximate surface area is 163 Å². The average molecular weight is 373 g/mol. The maximum absolute atomic E-state index is 5.84. The number of methoxy groups -OCH3 is 2. The first-order valence-electron chi connectivity index (χ1n) is 9.49. The molecule has 4 nitrogen and oxygen atoms in total. The van der Waals surface area contributed by atoms with Gasteiger partial charge in [0.1, 0.15) is 6.10 Å². The summed E-state index contributed by atoms with van der Waals surface area (Å²) >= 11 is 0. The number of rotatable bonds is 12. The summed E-state index contributed by atoms with van der Waals surface area (Å²) < 4.78 is 22.5. The van der Waals surface area contributed by atoms with Crippen molar-refractivity contribution in [3.05, 3.63) is 71.3 Å². The van der Waals surface area contributed by atoms with Gasteiger partial charge in [-0.3, -0.25) is 0 Å². The summed E-state index contributed by atoms with van der Waals surface area (Å²) in [5.74, 6) is 0.325. The SMILES string of the molecule is COC(C)c1ccc(COCC(C)COCC(OC)c2ccccc2)cc1. The Morgan fingerprint density at radius 1 is 0.704 bits per heavy atom. The molecule has 0 aromatic heterocycles. The molecular formula is C23H32O4. The monoisotopic (exact) mass is 372 g/mol. The van der Waals surface area contributed by atoms with Crippen LogP contribution < -0.4 is 0 Å². The lowest BCUT2D eigenvalue weighted by Crippen LogP contribution is -2.17. The van der Waals surface area contributed by atoms with E-state index in [9.17, 15) is 0 Å². The Bertz CT molecular complexity index is 627. The number of hydrogen-bond donors (Lipinski definition) is 0. The largest absolute Gasteiger partial charge is 0.378 e. The van der Waals surface area contributed by atoms with Crippen LogP contribution in [0.25, 0.3) is 0 Å². The molecule has 3 unspecified atom stereocenters. The zero-order valence-corrected chi connectivity index (χ0v) is 16.9.